The smallest absolute Gasteiger partial charge is 0.416 e. The quantitative estimate of drug-likeness (QED) is 0.518. The molecule has 0 aromatic heterocycles. The van der Waals surface area contributed by atoms with Gasteiger partial charge in [-0.05, 0) is 67.6 Å². The summed E-state index contributed by atoms with van der Waals surface area (Å²) in [6.07, 6.45) is -4.42. The average molecular weight is 408 g/mol. The minimum absolute atomic E-state index is 0.0307. The monoisotopic (exact) mass is 408 g/mol. The molecule has 0 aliphatic rings. The molecule has 0 atom stereocenters. The van der Waals surface area contributed by atoms with Crippen molar-refractivity contribution in [2.45, 2.75) is 18.0 Å². The van der Waals surface area contributed by atoms with Crippen LogP contribution in [0.5, 0.6) is 17.2 Å². The van der Waals surface area contributed by atoms with Crippen LogP contribution in [0.2, 0.25) is 0 Å². The van der Waals surface area contributed by atoms with Gasteiger partial charge in [0.15, 0.2) is 0 Å². The molecule has 28 heavy (non-hydrogen) atoms. The maximum absolute atomic E-state index is 12.6. The van der Waals surface area contributed by atoms with Gasteiger partial charge >= 0.3 is 16.3 Å². The number of rotatable bonds is 5. The predicted molar refractivity (Wildman–Crippen MR) is 97.0 cm³/mol. The molecule has 0 heterocycles. The van der Waals surface area contributed by atoms with Gasteiger partial charge in [0.05, 0.1) is 5.56 Å². The molecule has 3 aromatic rings. The molecule has 0 saturated carbocycles. The molecule has 0 aliphatic heterocycles. The summed E-state index contributed by atoms with van der Waals surface area (Å²) in [5.74, 6) is 0.620. The Morgan fingerprint density at radius 1 is 0.714 bits per heavy atom. The molecule has 0 radical (unpaired) electrons. The molecule has 0 fully saturated rings. The summed E-state index contributed by atoms with van der Waals surface area (Å²) >= 11 is 0. The highest BCUT2D eigenvalue weighted by molar-refractivity contribution is 7.87. The Kier molecular flexibility index (Phi) is 5.33. The molecule has 0 spiro atoms. The molecule has 0 N–H and O–H groups in total. The van der Waals surface area contributed by atoms with Gasteiger partial charge in [0.25, 0.3) is 0 Å². The second-order valence-electron chi connectivity index (χ2n) is 5.95. The average Bonchev–Trinajstić information content (AvgIpc) is 2.63. The fraction of sp³-hybridized carbons (Fsp3) is 0.100. The summed E-state index contributed by atoms with van der Waals surface area (Å²) in [6, 6.07) is 16.2. The first-order chi connectivity index (χ1) is 13.1. The molecule has 146 valence electrons. The van der Waals surface area contributed by atoms with E-state index in [0.29, 0.717) is 5.75 Å². The zero-order valence-electron chi connectivity index (χ0n) is 14.6. The second kappa shape index (κ2) is 7.55. The Hall–Kier alpha value is -3.00. The molecule has 0 amide bonds. The third-order valence-corrected chi connectivity index (χ3v) is 5.02. The van der Waals surface area contributed by atoms with Gasteiger partial charge in [0, 0.05) is 0 Å². The van der Waals surface area contributed by atoms with Crippen LogP contribution in [0.15, 0.2) is 77.7 Å². The van der Waals surface area contributed by atoms with Gasteiger partial charge in [0.1, 0.15) is 22.1 Å². The number of aryl methyl sites for hydroxylation is 1. The van der Waals surface area contributed by atoms with Crippen LogP contribution in [0.1, 0.15) is 11.1 Å². The van der Waals surface area contributed by atoms with E-state index in [1.54, 1.807) is 12.1 Å². The van der Waals surface area contributed by atoms with Crippen LogP contribution in [0.25, 0.3) is 0 Å². The summed E-state index contributed by atoms with van der Waals surface area (Å²) in [5.41, 5.74) is 0.147. The zero-order valence-corrected chi connectivity index (χ0v) is 15.4. The highest BCUT2D eigenvalue weighted by Gasteiger charge is 2.30. The van der Waals surface area contributed by atoms with Crippen LogP contribution < -0.4 is 8.92 Å². The normalized spacial score (nSPS) is 11.9. The number of benzene rings is 3. The van der Waals surface area contributed by atoms with Gasteiger partial charge < -0.3 is 8.92 Å². The van der Waals surface area contributed by atoms with Crippen LogP contribution in [0.3, 0.4) is 0 Å². The molecule has 3 rings (SSSR count). The van der Waals surface area contributed by atoms with Crippen LogP contribution in [0, 0.1) is 6.92 Å². The van der Waals surface area contributed by atoms with Gasteiger partial charge in [-0.25, -0.2) is 0 Å². The Balaban J connectivity index is 1.69. The Morgan fingerprint density at radius 3 is 1.68 bits per heavy atom. The topological polar surface area (TPSA) is 52.6 Å². The molecule has 0 aliphatic carbocycles. The minimum Gasteiger partial charge on any atom is -0.457 e. The van der Waals surface area contributed by atoms with E-state index in [1.165, 1.54) is 48.5 Å². The summed E-state index contributed by atoms with van der Waals surface area (Å²) in [6.45, 7) is 1.84. The number of hydrogen-bond donors (Lipinski definition) is 0. The van der Waals surface area contributed by atoms with E-state index >= 15 is 0 Å². The van der Waals surface area contributed by atoms with Crippen molar-refractivity contribution in [1.29, 1.82) is 0 Å². The van der Waals surface area contributed by atoms with E-state index in [9.17, 15) is 21.6 Å². The lowest BCUT2D eigenvalue weighted by molar-refractivity contribution is -0.137. The molecular formula is C20H15F3O4S. The maximum Gasteiger partial charge on any atom is 0.416 e. The first kappa shape index (κ1) is 19.8. The second-order valence-corrected chi connectivity index (χ2v) is 7.49. The highest BCUT2D eigenvalue weighted by atomic mass is 32.2. The van der Waals surface area contributed by atoms with Crippen molar-refractivity contribution in [1.82, 2.24) is 0 Å². The first-order valence-corrected chi connectivity index (χ1v) is 9.51. The number of halogens is 3. The predicted octanol–water partition coefficient (Wildman–Crippen LogP) is 5.57. The van der Waals surface area contributed by atoms with E-state index in [2.05, 4.69) is 0 Å². The van der Waals surface area contributed by atoms with Crippen molar-refractivity contribution in [3.8, 4) is 17.2 Å². The van der Waals surface area contributed by atoms with Crippen molar-refractivity contribution in [2.24, 2.45) is 0 Å². The Labute approximate surface area is 160 Å². The zero-order chi connectivity index (χ0) is 20.4. The fourth-order valence-electron chi connectivity index (χ4n) is 2.29. The van der Waals surface area contributed by atoms with Gasteiger partial charge in [-0.1, -0.05) is 17.7 Å². The molecular weight excluding hydrogens is 393 g/mol. The lowest BCUT2D eigenvalue weighted by Crippen LogP contribution is -2.09. The maximum atomic E-state index is 12.6. The largest absolute Gasteiger partial charge is 0.457 e. The lowest BCUT2D eigenvalue weighted by Gasteiger charge is -2.10. The fourth-order valence-corrected chi connectivity index (χ4v) is 3.22. The third-order valence-electron chi connectivity index (χ3n) is 3.76. The summed E-state index contributed by atoms with van der Waals surface area (Å²) in [7, 11) is -3.97. The summed E-state index contributed by atoms with van der Waals surface area (Å²) in [5, 5.41) is 0. The van der Waals surface area contributed by atoms with Crippen LogP contribution >= 0.6 is 0 Å². The summed E-state index contributed by atoms with van der Waals surface area (Å²) in [4.78, 5) is 0.0307. The van der Waals surface area contributed by atoms with E-state index in [-0.39, 0.29) is 16.4 Å². The van der Waals surface area contributed by atoms with E-state index in [1.807, 2.05) is 6.92 Å². The standard InChI is InChI=1S/C20H15F3O4S/c1-14-2-12-19(13-3-14)28(24,25)27-18-10-8-17(9-11-18)26-16-6-4-15(5-7-16)20(21,22)23/h2-13H,1H3. The van der Waals surface area contributed by atoms with Gasteiger partial charge in [-0.2, -0.15) is 21.6 Å². The van der Waals surface area contributed by atoms with E-state index in [4.69, 9.17) is 8.92 Å². The Bertz CT molecular complexity index is 1040. The van der Waals surface area contributed by atoms with Crippen LogP contribution in [-0.2, 0) is 16.3 Å². The van der Waals surface area contributed by atoms with Crippen LogP contribution in [-0.4, -0.2) is 8.42 Å². The summed E-state index contributed by atoms with van der Waals surface area (Å²) < 4.78 is 72.7. The molecule has 0 bridgehead atoms. The molecule has 3 aromatic carbocycles. The Morgan fingerprint density at radius 2 is 1.18 bits per heavy atom. The van der Waals surface area contributed by atoms with Gasteiger partial charge in [-0.3, -0.25) is 0 Å². The number of alkyl halides is 3. The van der Waals surface area contributed by atoms with Gasteiger partial charge in [0.2, 0.25) is 0 Å². The van der Waals surface area contributed by atoms with Crippen molar-refractivity contribution in [2.75, 3.05) is 0 Å². The SMILES string of the molecule is Cc1ccc(S(=O)(=O)Oc2ccc(Oc3ccc(C(F)(F)F)cc3)cc2)cc1. The molecule has 4 nitrogen and oxygen atoms in total. The third kappa shape index (κ3) is 4.83. The van der Waals surface area contributed by atoms with E-state index in [0.717, 1.165) is 17.7 Å². The van der Waals surface area contributed by atoms with E-state index < -0.39 is 21.9 Å². The minimum atomic E-state index is -4.42. The highest BCUT2D eigenvalue weighted by Crippen LogP contribution is 2.32. The van der Waals surface area contributed by atoms with Crippen molar-refractivity contribution < 1.29 is 30.5 Å². The first-order valence-electron chi connectivity index (χ1n) is 8.10. The van der Waals surface area contributed by atoms with Crippen LogP contribution in [0.4, 0.5) is 13.2 Å². The molecule has 8 heteroatoms. The number of hydrogen-bond acceptors (Lipinski definition) is 4. The lowest BCUT2D eigenvalue weighted by atomic mass is 10.2. The molecule has 0 unspecified atom stereocenters. The number of ether oxygens (including phenoxy) is 1. The van der Waals surface area contributed by atoms with Crippen molar-refractivity contribution >= 4 is 10.1 Å². The van der Waals surface area contributed by atoms with Crippen molar-refractivity contribution in [3.05, 3.63) is 83.9 Å². The van der Waals surface area contributed by atoms with Crippen molar-refractivity contribution in [3.63, 3.8) is 0 Å². The van der Waals surface area contributed by atoms with Gasteiger partial charge in [-0.15, -0.1) is 0 Å². The molecule has 0 saturated heterocycles.